The zero-order valence-corrected chi connectivity index (χ0v) is 24.1. The first kappa shape index (κ1) is 29.6. The van der Waals surface area contributed by atoms with Gasteiger partial charge in [-0.3, -0.25) is 9.59 Å². The normalized spacial score (nSPS) is 18.3. The van der Waals surface area contributed by atoms with Crippen molar-refractivity contribution in [2.24, 2.45) is 0 Å². The van der Waals surface area contributed by atoms with Crippen molar-refractivity contribution >= 4 is 28.5 Å². The zero-order valence-electron chi connectivity index (χ0n) is 24.1. The number of benzene rings is 3. The highest BCUT2D eigenvalue weighted by Gasteiger charge is 2.37. The second-order valence-corrected chi connectivity index (χ2v) is 10.3. The maximum absolute atomic E-state index is 13.2. The van der Waals surface area contributed by atoms with Crippen LogP contribution in [-0.2, 0) is 4.79 Å². The van der Waals surface area contributed by atoms with Gasteiger partial charge in [0.2, 0.25) is 5.91 Å². The summed E-state index contributed by atoms with van der Waals surface area (Å²) >= 11 is 0. The van der Waals surface area contributed by atoms with Crippen LogP contribution < -0.4 is 25.2 Å². The first-order chi connectivity index (χ1) is 20.6. The van der Waals surface area contributed by atoms with Crippen LogP contribution in [0.4, 0.5) is 5.69 Å². The average Bonchev–Trinajstić information content (AvgIpc) is 3.01. The second-order valence-electron chi connectivity index (χ2n) is 10.3. The molecule has 4 aromatic rings. The number of methoxy groups -OCH3 is 2. The molecule has 224 valence electrons. The Morgan fingerprint density at radius 2 is 1.74 bits per heavy atom. The van der Waals surface area contributed by atoms with E-state index in [-0.39, 0.29) is 30.3 Å². The van der Waals surface area contributed by atoms with Crippen molar-refractivity contribution in [3.63, 3.8) is 0 Å². The number of nitrogens with one attached hydrogen (secondary N) is 1. The van der Waals surface area contributed by atoms with Gasteiger partial charge in [-0.05, 0) is 61.0 Å². The summed E-state index contributed by atoms with van der Waals surface area (Å²) in [4.78, 5) is 39.4. The van der Waals surface area contributed by atoms with E-state index in [0.29, 0.717) is 39.3 Å². The van der Waals surface area contributed by atoms with E-state index in [1.807, 2.05) is 24.3 Å². The first-order valence-electron chi connectivity index (χ1n) is 13.6. The molecule has 0 aliphatic carbocycles. The molecule has 11 nitrogen and oxygen atoms in total. The van der Waals surface area contributed by atoms with Crippen molar-refractivity contribution in [1.29, 1.82) is 0 Å². The number of hydrogen-bond donors (Lipinski definition) is 3. The summed E-state index contributed by atoms with van der Waals surface area (Å²) in [5.41, 5.74) is 1.65. The molecule has 11 heteroatoms. The van der Waals surface area contributed by atoms with Gasteiger partial charge in [-0.1, -0.05) is 12.1 Å². The molecule has 1 aliphatic rings. The summed E-state index contributed by atoms with van der Waals surface area (Å²) in [6, 6.07) is 17.1. The minimum Gasteiger partial charge on any atom is -0.497 e. The Kier molecular flexibility index (Phi) is 8.38. The quantitative estimate of drug-likeness (QED) is 0.277. The van der Waals surface area contributed by atoms with Crippen LogP contribution >= 0.6 is 0 Å². The van der Waals surface area contributed by atoms with Gasteiger partial charge >= 0.3 is 5.63 Å². The van der Waals surface area contributed by atoms with Crippen LogP contribution in [0.5, 0.6) is 17.2 Å². The van der Waals surface area contributed by atoms with Gasteiger partial charge in [0.25, 0.3) is 5.91 Å². The van der Waals surface area contributed by atoms with Gasteiger partial charge in [0.05, 0.1) is 20.8 Å². The number of fused-ring (bicyclic) bond motifs is 1. The Hall–Kier alpha value is -4.87. The van der Waals surface area contributed by atoms with E-state index in [4.69, 9.17) is 18.6 Å². The van der Waals surface area contributed by atoms with Crippen molar-refractivity contribution < 1.29 is 38.4 Å². The molecule has 1 saturated heterocycles. The summed E-state index contributed by atoms with van der Waals surface area (Å²) in [6.07, 6.45) is -3.26. The smallest absolute Gasteiger partial charge is 0.360 e. The third-order valence-corrected chi connectivity index (χ3v) is 7.50. The molecule has 0 saturated carbocycles. The molecule has 1 unspecified atom stereocenters. The number of β-amino-alcohol motifs (C(OH)–C–C–N with tert-alkyl or cyclic N) is 1. The van der Waals surface area contributed by atoms with Gasteiger partial charge in [-0.15, -0.1) is 0 Å². The number of carbonyl (C=O) groups is 2. The fourth-order valence-electron chi connectivity index (χ4n) is 5.09. The third-order valence-electron chi connectivity index (χ3n) is 7.50. The van der Waals surface area contributed by atoms with E-state index in [0.717, 1.165) is 5.56 Å². The van der Waals surface area contributed by atoms with Crippen molar-refractivity contribution in [3.05, 3.63) is 82.2 Å². The van der Waals surface area contributed by atoms with Gasteiger partial charge in [-0.2, -0.15) is 0 Å². The van der Waals surface area contributed by atoms with Crippen molar-refractivity contribution in [2.45, 2.75) is 32.2 Å². The van der Waals surface area contributed by atoms with Crippen molar-refractivity contribution in [1.82, 2.24) is 4.90 Å². The zero-order chi connectivity index (χ0) is 30.8. The number of aliphatic hydroxyl groups is 2. The molecule has 1 aromatic heterocycles. The molecular weight excluding hydrogens is 556 g/mol. The maximum atomic E-state index is 13.2. The summed E-state index contributed by atoms with van der Waals surface area (Å²) in [5.74, 6) is 0.763. The van der Waals surface area contributed by atoms with Gasteiger partial charge in [0, 0.05) is 35.5 Å². The number of ether oxygens (including phenoxy) is 3. The second kappa shape index (κ2) is 12.2. The molecule has 43 heavy (non-hydrogen) atoms. The maximum Gasteiger partial charge on any atom is 0.360 e. The third kappa shape index (κ3) is 6.04. The lowest BCUT2D eigenvalue weighted by molar-refractivity contribution is -0.144. The van der Waals surface area contributed by atoms with E-state index < -0.39 is 29.8 Å². The predicted octanol–water partition coefficient (Wildman–Crippen LogP) is 3.37. The number of aliphatic hydroxyl groups excluding tert-OH is 2. The van der Waals surface area contributed by atoms with Crippen LogP contribution in [0.15, 0.2) is 69.9 Å². The van der Waals surface area contributed by atoms with E-state index in [2.05, 4.69) is 5.32 Å². The lowest BCUT2D eigenvalue weighted by Gasteiger charge is -2.38. The lowest BCUT2D eigenvalue weighted by atomic mass is 10.0. The highest BCUT2D eigenvalue weighted by Crippen LogP contribution is 2.34. The monoisotopic (exact) mass is 588 g/mol. The average molecular weight is 589 g/mol. The summed E-state index contributed by atoms with van der Waals surface area (Å²) in [5, 5.41) is 23.8. The molecular formula is C32H32N2O9. The minimum absolute atomic E-state index is 0.00920. The number of amides is 2. The van der Waals surface area contributed by atoms with Crippen LogP contribution in [0.2, 0.25) is 0 Å². The molecule has 2 amide bonds. The molecule has 3 N–H and O–H groups in total. The van der Waals surface area contributed by atoms with Crippen LogP contribution in [0, 0.1) is 6.92 Å². The Morgan fingerprint density at radius 1 is 0.977 bits per heavy atom. The van der Waals surface area contributed by atoms with Gasteiger partial charge in [0.1, 0.15) is 46.8 Å². The predicted molar refractivity (Wildman–Crippen MR) is 159 cm³/mol. The van der Waals surface area contributed by atoms with Gasteiger partial charge < -0.3 is 39.1 Å². The van der Waals surface area contributed by atoms with E-state index in [9.17, 15) is 24.6 Å². The number of piperidine rings is 1. The molecule has 5 rings (SSSR count). The summed E-state index contributed by atoms with van der Waals surface area (Å²) < 4.78 is 22.4. The lowest BCUT2D eigenvalue weighted by Crippen LogP contribution is -2.58. The molecule has 3 aromatic carbocycles. The molecule has 0 bridgehead atoms. The summed E-state index contributed by atoms with van der Waals surface area (Å²) in [6.45, 7) is 3.16. The van der Waals surface area contributed by atoms with Crippen LogP contribution in [0.25, 0.3) is 22.1 Å². The van der Waals surface area contributed by atoms with Gasteiger partial charge in [0.15, 0.2) is 0 Å². The fraction of sp³-hybridized carbons (Fsp3) is 0.281. The SMILES string of the molecule is COc1cccc(-c2cc(C(=O)Nc3cc4ccc(OC5CN(C(C)=O)C[C@@H](O)[C@H]5O)c(C)c4oc3=O)ccc2OC)c1. The summed E-state index contributed by atoms with van der Waals surface area (Å²) in [7, 11) is 3.11. The Balaban J connectivity index is 1.40. The number of nitrogens with zero attached hydrogens (tertiary/aromatic N) is 1. The van der Waals surface area contributed by atoms with E-state index in [1.54, 1.807) is 51.5 Å². The van der Waals surface area contributed by atoms with Gasteiger partial charge in [-0.25, -0.2) is 4.79 Å². The molecule has 1 fully saturated rings. The Morgan fingerprint density at radius 3 is 2.47 bits per heavy atom. The fourth-order valence-corrected chi connectivity index (χ4v) is 5.09. The molecule has 3 atom stereocenters. The largest absolute Gasteiger partial charge is 0.497 e. The van der Waals surface area contributed by atoms with Crippen LogP contribution in [0.3, 0.4) is 0 Å². The number of likely N-dealkylation sites (tertiary alicyclic amines) is 1. The molecule has 1 aliphatic heterocycles. The molecule has 0 radical (unpaired) electrons. The number of hydrogen-bond acceptors (Lipinski definition) is 9. The number of anilines is 1. The minimum atomic E-state index is -1.21. The topological polar surface area (TPSA) is 148 Å². The standard InChI is InChI=1S/C32H32N2O9/c1-17-26(42-28-16-34(18(2)35)15-25(36)29(28)37)10-8-20-14-24(32(39)43-30(17)20)33-31(38)21-9-11-27(41-4)23(13-21)19-6-5-7-22(12-19)40-3/h5-14,25,28-29,36-37H,15-16H2,1-4H3,(H,33,38)/t25-,28?,29-/m1/s1. The highest BCUT2D eigenvalue weighted by molar-refractivity contribution is 6.05. The van der Waals surface area contributed by atoms with Crippen molar-refractivity contribution in [3.8, 4) is 28.4 Å². The molecule has 0 spiro atoms. The Bertz CT molecular complexity index is 1750. The van der Waals surface area contributed by atoms with Crippen LogP contribution in [-0.4, -0.2) is 72.5 Å². The Labute approximate surface area is 247 Å². The van der Waals surface area contributed by atoms with Crippen LogP contribution in [0.1, 0.15) is 22.8 Å². The number of aryl methyl sites for hydroxylation is 1. The molecule has 2 heterocycles. The van der Waals surface area contributed by atoms with Crippen molar-refractivity contribution in [2.75, 3.05) is 32.6 Å². The highest BCUT2D eigenvalue weighted by atomic mass is 16.5. The van der Waals surface area contributed by atoms with E-state index in [1.165, 1.54) is 17.9 Å². The van der Waals surface area contributed by atoms with E-state index >= 15 is 0 Å². The number of carbonyl (C=O) groups excluding carboxylic acids is 2. The first-order valence-corrected chi connectivity index (χ1v) is 13.6. The number of rotatable bonds is 7.